The third-order valence-corrected chi connectivity index (χ3v) is 7.74. The number of carbonyl (C=O) groups is 1. The van der Waals surface area contributed by atoms with E-state index >= 15 is 0 Å². The third-order valence-electron chi connectivity index (χ3n) is 5.83. The molecule has 1 saturated heterocycles. The molecule has 4 rings (SSSR count). The fourth-order valence-electron chi connectivity index (χ4n) is 3.82. The highest BCUT2D eigenvalue weighted by atomic mass is 32.2. The van der Waals surface area contributed by atoms with E-state index in [1.807, 2.05) is 54.6 Å². The number of carbonyl (C=O) groups excluding carboxylic acids is 1. The lowest BCUT2D eigenvalue weighted by atomic mass is 10.0. The van der Waals surface area contributed by atoms with Crippen molar-refractivity contribution < 1.29 is 23.1 Å². The van der Waals surface area contributed by atoms with Crippen LogP contribution in [-0.2, 0) is 21.2 Å². The van der Waals surface area contributed by atoms with Gasteiger partial charge in [-0.25, -0.2) is 8.42 Å². The third kappa shape index (κ3) is 5.90. The Bertz CT molecular complexity index is 1190. The minimum Gasteiger partial charge on any atom is -0.388 e. The van der Waals surface area contributed by atoms with Crippen molar-refractivity contribution in [1.29, 1.82) is 0 Å². The standard InChI is InChI=1S/C26H28N2O5S/c29-25(21-4-2-1-3-5-21)15-8-20-6-11-23(12-7-20)27-26(30)22-9-13-24(14-10-22)34(31,32)28-16-18-33-19-17-28/h1-7,9-14,25,29H,8,15-19H2,(H,27,30). The molecule has 0 spiro atoms. The number of benzene rings is 3. The molecule has 0 radical (unpaired) electrons. The van der Waals surface area contributed by atoms with Gasteiger partial charge < -0.3 is 15.2 Å². The van der Waals surface area contributed by atoms with Crippen LogP contribution in [0.25, 0.3) is 0 Å². The van der Waals surface area contributed by atoms with E-state index in [9.17, 15) is 18.3 Å². The second kappa shape index (κ2) is 10.9. The van der Waals surface area contributed by atoms with E-state index in [0.717, 1.165) is 11.1 Å². The second-order valence-electron chi connectivity index (χ2n) is 8.16. The highest BCUT2D eigenvalue weighted by Crippen LogP contribution is 2.21. The maximum Gasteiger partial charge on any atom is 0.255 e. The lowest BCUT2D eigenvalue weighted by Crippen LogP contribution is -2.40. The van der Waals surface area contributed by atoms with Gasteiger partial charge >= 0.3 is 0 Å². The van der Waals surface area contributed by atoms with Crippen molar-refractivity contribution in [3.8, 4) is 0 Å². The van der Waals surface area contributed by atoms with Crippen LogP contribution in [0.3, 0.4) is 0 Å². The van der Waals surface area contributed by atoms with Crippen LogP contribution in [0.1, 0.15) is 34.0 Å². The first-order valence-corrected chi connectivity index (χ1v) is 12.7. The summed E-state index contributed by atoms with van der Waals surface area (Å²) in [6, 6.07) is 23.0. The van der Waals surface area contributed by atoms with Gasteiger partial charge in [0.05, 0.1) is 24.2 Å². The van der Waals surface area contributed by atoms with Gasteiger partial charge in [-0.3, -0.25) is 4.79 Å². The number of hydrogen-bond acceptors (Lipinski definition) is 5. The highest BCUT2D eigenvalue weighted by molar-refractivity contribution is 7.89. The van der Waals surface area contributed by atoms with Crippen LogP contribution in [0.15, 0.2) is 83.8 Å². The second-order valence-corrected chi connectivity index (χ2v) is 10.1. The van der Waals surface area contributed by atoms with Crippen molar-refractivity contribution in [2.24, 2.45) is 0 Å². The molecule has 178 valence electrons. The molecular formula is C26H28N2O5S. The molecule has 8 heteroatoms. The van der Waals surface area contributed by atoms with Crippen molar-refractivity contribution >= 4 is 21.6 Å². The molecule has 34 heavy (non-hydrogen) atoms. The normalized spacial score (nSPS) is 15.6. The number of hydrogen-bond donors (Lipinski definition) is 2. The number of amides is 1. The van der Waals surface area contributed by atoms with E-state index in [1.165, 1.54) is 28.6 Å². The number of ether oxygens (including phenoxy) is 1. The molecule has 3 aromatic carbocycles. The summed E-state index contributed by atoms with van der Waals surface area (Å²) in [6.07, 6.45) is 0.800. The smallest absolute Gasteiger partial charge is 0.255 e. The van der Waals surface area contributed by atoms with Crippen molar-refractivity contribution in [1.82, 2.24) is 4.31 Å². The topological polar surface area (TPSA) is 95.9 Å². The van der Waals surface area contributed by atoms with E-state index in [2.05, 4.69) is 5.32 Å². The molecule has 0 aromatic heterocycles. The molecule has 1 heterocycles. The number of sulfonamides is 1. The number of morpholine rings is 1. The lowest BCUT2D eigenvalue weighted by molar-refractivity contribution is 0.0730. The highest BCUT2D eigenvalue weighted by Gasteiger charge is 2.26. The molecule has 7 nitrogen and oxygen atoms in total. The predicted molar refractivity (Wildman–Crippen MR) is 130 cm³/mol. The number of aliphatic hydroxyl groups excluding tert-OH is 1. The van der Waals surface area contributed by atoms with Crippen LogP contribution in [0, 0.1) is 0 Å². The van der Waals surface area contributed by atoms with E-state index in [-0.39, 0.29) is 10.8 Å². The molecule has 1 fully saturated rings. The molecule has 0 aliphatic carbocycles. The summed E-state index contributed by atoms with van der Waals surface area (Å²) in [7, 11) is -3.59. The molecule has 0 bridgehead atoms. The largest absolute Gasteiger partial charge is 0.388 e. The molecule has 0 saturated carbocycles. The van der Waals surface area contributed by atoms with Crippen LogP contribution in [0.2, 0.25) is 0 Å². The van der Waals surface area contributed by atoms with Crippen molar-refractivity contribution in [3.05, 3.63) is 95.6 Å². The minimum atomic E-state index is -3.59. The van der Waals surface area contributed by atoms with E-state index < -0.39 is 16.1 Å². The summed E-state index contributed by atoms with van der Waals surface area (Å²) in [5.41, 5.74) is 2.97. The molecule has 1 amide bonds. The fraction of sp³-hybridized carbons (Fsp3) is 0.269. The number of nitrogens with zero attached hydrogens (tertiary/aromatic N) is 1. The van der Waals surface area contributed by atoms with Crippen LogP contribution in [-0.4, -0.2) is 50.0 Å². The van der Waals surface area contributed by atoms with Gasteiger partial charge in [0.2, 0.25) is 10.0 Å². The van der Waals surface area contributed by atoms with Gasteiger partial charge in [-0.05, 0) is 60.4 Å². The fourth-order valence-corrected chi connectivity index (χ4v) is 5.23. The summed E-state index contributed by atoms with van der Waals surface area (Å²) < 4.78 is 32.1. The van der Waals surface area contributed by atoms with Gasteiger partial charge in [0.15, 0.2) is 0 Å². The summed E-state index contributed by atoms with van der Waals surface area (Å²) in [4.78, 5) is 12.8. The van der Waals surface area contributed by atoms with E-state index in [1.54, 1.807) is 0 Å². The van der Waals surface area contributed by atoms with Crippen molar-refractivity contribution in [2.75, 3.05) is 31.6 Å². The minimum absolute atomic E-state index is 0.160. The average Bonchev–Trinajstić information content (AvgIpc) is 2.89. The number of aliphatic hydroxyl groups is 1. The molecule has 3 aromatic rings. The zero-order valence-corrected chi connectivity index (χ0v) is 19.6. The molecule has 1 aliphatic rings. The zero-order chi connectivity index (χ0) is 24.0. The van der Waals surface area contributed by atoms with Crippen molar-refractivity contribution in [2.45, 2.75) is 23.8 Å². The Kier molecular flexibility index (Phi) is 7.74. The Hall–Kier alpha value is -3.04. The number of rotatable bonds is 8. The molecule has 1 unspecified atom stereocenters. The van der Waals surface area contributed by atoms with Crippen LogP contribution < -0.4 is 5.32 Å². The Labute approximate surface area is 200 Å². The summed E-state index contributed by atoms with van der Waals surface area (Å²) in [6.45, 7) is 1.41. The first kappa shape index (κ1) is 24.1. The Morgan fingerprint density at radius 2 is 1.59 bits per heavy atom. The predicted octanol–water partition coefficient (Wildman–Crippen LogP) is 3.63. The molecule has 2 N–H and O–H groups in total. The SMILES string of the molecule is O=C(Nc1ccc(CCC(O)c2ccccc2)cc1)c1ccc(S(=O)(=O)N2CCOCC2)cc1. The first-order valence-electron chi connectivity index (χ1n) is 11.2. The van der Waals surface area contributed by atoms with Gasteiger partial charge in [0.1, 0.15) is 0 Å². The molecule has 1 aliphatic heterocycles. The lowest BCUT2D eigenvalue weighted by Gasteiger charge is -2.26. The van der Waals surface area contributed by atoms with E-state index in [0.29, 0.717) is 50.4 Å². The average molecular weight is 481 g/mol. The molecular weight excluding hydrogens is 452 g/mol. The summed E-state index contributed by atoms with van der Waals surface area (Å²) in [5.74, 6) is -0.317. The first-order chi connectivity index (χ1) is 16.4. The van der Waals surface area contributed by atoms with Crippen LogP contribution >= 0.6 is 0 Å². The van der Waals surface area contributed by atoms with Gasteiger partial charge in [0, 0.05) is 24.3 Å². The Balaban J connectivity index is 1.32. The van der Waals surface area contributed by atoms with Crippen molar-refractivity contribution in [3.63, 3.8) is 0 Å². The number of anilines is 1. The monoisotopic (exact) mass is 480 g/mol. The maximum atomic E-state index is 12.7. The number of aryl methyl sites for hydroxylation is 1. The Morgan fingerprint density at radius 1 is 0.941 bits per heavy atom. The summed E-state index contributed by atoms with van der Waals surface area (Å²) >= 11 is 0. The Morgan fingerprint density at radius 3 is 2.24 bits per heavy atom. The maximum absolute atomic E-state index is 12.7. The van der Waals surface area contributed by atoms with E-state index in [4.69, 9.17) is 4.74 Å². The quantitative estimate of drug-likeness (QED) is 0.513. The van der Waals surface area contributed by atoms with Gasteiger partial charge in [-0.2, -0.15) is 4.31 Å². The van der Waals surface area contributed by atoms with Crippen LogP contribution in [0.4, 0.5) is 5.69 Å². The molecule has 1 atom stereocenters. The van der Waals surface area contributed by atoms with Crippen LogP contribution in [0.5, 0.6) is 0 Å². The summed E-state index contributed by atoms with van der Waals surface area (Å²) in [5, 5.41) is 13.2. The van der Waals surface area contributed by atoms with Gasteiger partial charge in [-0.15, -0.1) is 0 Å². The zero-order valence-electron chi connectivity index (χ0n) is 18.8. The number of nitrogens with one attached hydrogen (secondary N) is 1. The van der Waals surface area contributed by atoms with Gasteiger partial charge in [0.25, 0.3) is 5.91 Å². The van der Waals surface area contributed by atoms with Gasteiger partial charge in [-0.1, -0.05) is 42.5 Å².